The molecule has 15 heavy (non-hydrogen) atoms. The number of hydrogen-bond donors (Lipinski definition) is 1. The minimum Gasteiger partial charge on any atom is -0.316 e. The zero-order valence-electron chi connectivity index (χ0n) is 11.1. The van der Waals surface area contributed by atoms with E-state index in [0.29, 0.717) is 10.8 Å². The monoisotopic (exact) mass is 209 g/mol. The maximum atomic E-state index is 3.62. The first-order chi connectivity index (χ1) is 6.93. The van der Waals surface area contributed by atoms with Crippen molar-refractivity contribution < 1.29 is 0 Å². The first-order valence-corrected chi connectivity index (χ1v) is 6.60. The van der Waals surface area contributed by atoms with E-state index in [0.717, 1.165) is 17.9 Å². The summed E-state index contributed by atoms with van der Waals surface area (Å²) in [6.07, 6.45) is 5.81. The molecular formula is C14H27N. The first kappa shape index (κ1) is 11.4. The van der Waals surface area contributed by atoms with Gasteiger partial charge in [-0.1, -0.05) is 40.5 Å². The van der Waals surface area contributed by atoms with Crippen LogP contribution in [0.3, 0.4) is 0 Å². The van der Waals surface area contributed by atoms with E-state index in [9.17, 15) is 0 Å². The molecule has 1 unspecified atom stereocenters. The molecule has 1 atom stereocenters. The summed E-state index contributed by atoms with van der Waals surface area (Å²) in [5, 5.41) is 3.62. The molecule has 0 aliphatic heterocycles. The van der Waals surface area contributed by atoms with Crippen LogP contribution in [0.15, 0.2) is 0 Å². The van der Waals surface area contributed by atoms with Crippen molar-refractivity contribution in [2.24, 2.45) is 22.7 Å². The summed E-state index contributed by atoms with van der Waals surface area (Å²) in [4.78, 5) is 0. The molecule has 0 aromatic carbocycles. The second kappa shape index (κ2) is 3.48. The lowest BCUT2D eigenvalue weighted by atomic mass is 9.90. The normalized spacial score (nSPS) is 31.8. The Kier molecular flexibility index (Phi) is 2.65. The summed E-state index contributed by atoms with van der Waals surface area (Å²) in [6, 6.07) is 0.762. The number of rotatable bonds is 3. The van der Waals surface area contributed by atoms with Gasteiger partial charge in [0.15, 0.2) is 0 Å². The summed E-state index contributed by atoms with van der Waals surface area (Å²) in [7, 11) is 2.16. The molecule has 0 aromatic heterocycles. The summed E-state index contributed by atoms with van der Waals surface area (Å²) in [5.74, 6) is 1.82. The van der Waals surface area contributed by atoms with Crippen LogP contribution in [-0.2, 0) is 0 Å². The molecule has 1 heteroatoms. The highest BCUT2D eigenvalue weighted by Gasteiger charge is 2.67. The Bertz CT molecular complexity index is 222. The molecule has 0 radical (unpaired) electrons. The average molecular weight is 209 g/mol. The highest BCUT2D eigenvalue weighted by atomic mass is 14.9. The fourth-order valence-electron chi connectivity index (χ4n) is 4.14. The van der Waals surface area contributed by atoms with E-state index in [1.165, 1.54) is 25.7 Å². The van der Waals surface area contributed by atoms with E-state index in [1.54, 1.807) is 0 Å². The van der Waals surface area contributed by atoms with Crippen LogP contribution in [-0.4, -0.2) is 13.1 Å². The lowest BCUT2D eigenvalue weighted by Crippen LogP contribution is -2.36. The highest BCUT2D eigenvalue weighted by molar-refractivity contribution is 5.17. The summed E-state index contributed by atoms with van der Waals surface area (Å²) in [6.45, 7) is 9.77. The number of hydrogen-bond acceptors (Lipinski definition) is 1. The molecule has 2 saturated carbocycles. The topological polar surface area (TPSA) is 12.0 Å². The Hall–Kier alpha value is -0.0400. The zero-order chi connectivity index (χ0) is 11.3. The van der Waals surface area contributed by atoms with Gasteiger partial charge < -0.3 is 5.32 Å². The minimum absolute atomic E-state index is 0.531. The lowest BCUT2D eigenvalue weighted by molar-refractivity contribution is 0.303. The second-order valence-electron chi connectivity index (χ2n) is 6.78. The third kappa shape index (κ3) is 1.54. The molecule has 2 rings (SSSR count). The molecule has 2 fully saturated rings. The Morgan fingerprint density at radius 2 is 1.47 bits per heavy atom. The fourth-order valence-corrected chi connectivity index (χ4v) is 4.14. The quantitative estimate of drug-likeness (QED) is 0.750. The van der Waals surface area contributed by atoms with Crippen molar-refractivity contribution in [3.05, 3.63) is 0 Å². The first-order valence-electron chi connectivity index (χ1n) is 6.60. The van der Waals surface area contributed by atoms with Gasteiger partial charge in [-0.05, 0) is 42.6 Å². The molecule has 2 aliphatic rings. The molecular weight excluding hydrogens is 182 g/mol. The molecule has 0 aromatic rings. The molecule has 2 aliphatic carbocycles. The van der Waals surface area contributed by atoms with Gasteiger partial charge in [-0.2, -0.15) is 0 Å². The molecule has 1 nitrogen and oxygen atoms in total. The van der Waals surface area contributed by atoms with Gasteiger partial charge in [-0.3, -0.25) is 0 Å². The van der Waals surface area contributed by atoms with E-state index in [4.69, 9.17) is 0 Å². The third-order valence-corrected chi connectivity index (χ3v) is 5.73. The zero-order valence-corrected chi connectivity index (χ0v) is 11.1. The van der Waals surface area contributed by atoms with Gasteiger partial charge in [0.2, 0.25) is 0 Å². The molecule has 88 valence electrons. The van der Waals surface area contributed by atoms with Crippen molar-refractivity contribution >= 4 is 0 Å². The van der Waals surface area contributed by atoms with Crippen LogP contribution in [0.25, 0.3) is 0 Å². The van der Waals surface area contributed by atoms with Crippen molar-refractivity contribution in [3.8, 4) is 0 Å². The van der Waals surface area contributed by atoms with Gasteiger partial charge in [0.1, 0.15) is 0 Å². The maximum absolute atomic E-state index is 3.62. The van der Waals surface area contributed by atoms with Crippen LogP contribution < -0.4 is 5.32 Å². The van der Waals surface area contributed by atoms with Gasteiger partial charge in [0, 0.05) is 6.04 Å². The Labute approximate surface area is 95.0 Å². The van der Waals surface area contributed by atoms with Crippen LogP contribution in [0.4, 0.5) is 0 Å². The van der Waals surface area contributed by atoms with Crippen molar-refractivity contribution in [2.45, 2.75) is 59.4 Å². The van der Waals surface area contributed by atoms with Crippen LogP contribution in [0, 0.1) is 22.7 Å². The van der Waals surface area contributed by atoms with Crippen molar-refractivity contribution in [2.75, 3.05) is 7.05 Å². The van der Waals surface area contributed by atoms with Crippen LogP contribution >= 0.6 is 0 Å². The maximum Gasteiger partial charge on any atom is 0.0131 e. The third-order valence-electron chi connectivity index (χ3n) is 5.73. The Morgan fingerprint density at radius 1 is 1.00 bits per heavy atom. The van der Waals surface area contributed by atoms with E-state index in [-0.39, 0.29) is 0 Å². The molecule has 1 N–H and O–H groups in total. The summed E-state index contributed by atoms with van der Waals surface area (Å²) >= 11 is 0. The Balaban J connectivity index is 2.09. The van der Waals surface area contributed by atoms with Crippen LogP contribution in [0.5, 0.6) is 0 Å². The Morgan fingerprint density at radius 3 is 1.80 bits per heavy atom. The van der Waals surface area contributed by atoms with Crippen LogP contribution in [0.2, 0.25) is 0 Å². The lowest BCUT2D eigenvalue weighted by Gasteiger charge is -2.25. The van der Waals surface area contributed by atoms with Crippen molar-refractivity contribution in [3.63, 3.8) is 0 Å². The molecule has 0 amide bonds. The summed E-state index contributed by atoms with van der Waals surface area (Å²) in [5.41, 5.74) is 1.06. The minimum atomic E-state index is 0.531. The standard InChI is InChI=1S/C14H27N/c1-13(2)12(14(13,3)4)11(15-5)10-8-6-7-9-10/h10-12,15H,6-9H2,1-5H3. The largest absolute Gasteiger partial charge is 0.316 e. The fraction of sp³-hybridized carbons (Fsp3) is 1.00. The molecule has 0 bridgehead atoms. The SMILES string of the molecule is CNC(C1CCCC1)C1C(C)(C)C1(C)C. The molecule has 0 spiro atoms. The number of nitrogens with one attached hydrogen (secondary N) is 1. The second-order valence-corrected chi connectivity index (χ2v) is 6.78. The van der Waals surface area contributed by atoms with Gasteiger partial charge in [0.05, 0.1) is 0 Å². The highest BCUT2D eigenvalue weighted by Crippen LogP contribution is 2.70. The van der Waals surface area contributed by atoms with E-state index < -0.39 is 0 Å². The molecule has 0 saturated heterocycles. The van der Waals surface area contributed by atoms with E-state index in [1.807, 2.05) is 0 Å². The van der Waals surface area contributed by atoms with Crippen LogP contribution in [0.1, 0.15) is 53.4 Å². The summed E-state index contributed by atoms with van der Waals surface area (Å²) < 4.78 is 0. The van der Waals surface area contributed by atoms with Crippen molar-refractivity contribution in [1.29, 1.82) is 0 Å². The molecule has 0 heterocycles. The van der Waals surface area contributed by atoms with Crippen molar-refractivity contribution in [1.82, 2.24) is 5.32 Å². The van der Waals surface area contributed by atoms with E-state index in [2.05, 4.69) is 40.1 Å². The predicted molar refractivity (Wildman–Crippen MR) is 65.9 cm³/mol. The van der Waals surface area contributed by atoms with Gasteiger partial charge in [0.25, 0.3) is 0 Å². The van der Waals surface area contributed by atoms with Gasteiger partial charge >= 0.3 is 0 Å². The predicted octanol–water partition coefficient (Wildman–Crippen LogP) is 3.45. The average Bonchev–Trinajstić information content (AvgIpc) is 2.63. The van der Waals surface area contributed by atoms with E-state index >= 15 is 0 Å². The smallest absolute Gasteiger partial charge is 0.0131 e. The van der Waals surface area contributed by atoms with Gasteiger partial charge in [-0.15, -0.1) is 0 Å². The van der Waals surface area contributed by atoms with Gasteiger partial charge in [-0.25, -0.2) is 0 Å².